The van der Waals surface area contributed by atoms with Gasteiger partial charge < -0.3 is 10.2 Å². The lowest BCUT2D eigenvalue weighted by Crippen LogP contribution is -2.30. The van der Waals surface area contributed by atoms with E-state index in [1.807, 2.05) is 0 Å². The maximum atomic E-state index is 3.57. The summed E-state index contributed by atoms with van der Waals surface area (Å²) in [7, 11) is 2.23. The topological polar surface area (TPSA) is 15.3 Å². The molecular weight excluding hydrogens is 232 g/mol. The molecule has 19 heavy (non-hydrogen) atoms. The molecule has 0 aromatic heterocycles. The predicted octanol–water partition coefficient (Wildman–Crippen LogP) is 2.82. The quantitative estimate of drug-likeness (QED) is 0.873. The molecule has 2 nitrogen and oxygen atoms in total. The van der Waals surface area contributed by atoms with Gasteiger partial charge in [0.25, 0.3) is 0 Å². The van der Waals surface area contributed by atoms with Gasteiger partial charge in [0, 0.05) is 12.6 Å². The van der Waals surface area contributed by atoms with Crippen LogP contribution in [0.1, 0.15) is 36.8 Å². The molecule has 3 rings (SSSR count). The zero-order valence-electron chi connectivity index (χ0n) is 12.1. The summed E-state index contributed by atoms with van der Waals surface area (Å²) in [5.41, 5.74) is 2.95. The van der Waals surface area contributed by atoms with E-state index < -0.39 is 0 Å². The fraction of sp³-hybridized carbons (Fsp3) is 0.647. The highest BCUT2D eigenvalue weighted by Gasteiger charge is 2.20. The van der Waals surface area contributed by atoms with Crippen molar-refractivity contribution in [2.24, 2.45) is 5.92 Å². The van der Waals surface area contributed by atoms with Crippen LogP contribution in [0, 0.1) is 5.92 Å². The van der Waals surface area contributed by atoms with Gasteiger partial charge >= 0.3 is 0 Å². The van der Waals surface area contributed by atoms with E-state index in [4.69, 9.17) is 0 Å². The zero-order valence-corrected chi connectivity index (χ0v) is 12.1. The molecule has 104 valence electrons. The third-order valence-corrected chi connectivity index (χ3v) is 4.56. The normalized spacial score (nSPS) is 21.7. The van der Waals surface area contributed by atoms with Crippen molar-refractivity contribution in [2.75, 3.05) is 20.1 Å². The van der Waals surface area contributed by atoms with Crippen molar-refractivity contribution in [3.8, 4) is 0 Å². The number of nitrogens with zero attached hydrogens (tertiary/aromatic N) is 1. The van der Waals surface area contributed by atoms with E-state index in [2.05, 4.69) is 41.5 Å². The number of hydrogen-bond acceptors (Lipinski definition) is 2. The summed E-state index contributed by atoms with van der Waals surface area (Å²) in [4.78, 5) is 2.45. The average Bonchev–Trinajstić information content (AvgIpc) is 3.25. The first-order chi connectivity index (χ1) is 9.29. The summed E-state index contributed by atoms with van der Waals surface area (Å²) < 4.78 is 0. The van der Waals surface area contributed by atoms with Crippen LogP contribution < -0.4 is 5.32 Å². The minimum atomic E-state index is 0.805. The van der Waals surface area contributed by atoms with Crippen molar-refractivity contribution >= 4 is 0 Å². The van der Waals surface area contributed by atoms with Gasteiger partial charge in [-0.1, -0.05) is 24.3 Å². The summed E-state index contributed by atoms with van der Waals surface area (Å²) in [6, 6.07) is 10.1. The van der Waals surface area contributed by atoms with Crippen LogP contribution in [0.3, 0.4) is 0 Å². The second-order valence-corrected chi connectivity index (χ2v) is 6.42. The molecule has 2 aliphatic rings. The van der Waals surface area contributed by atoms with Gasteiger partial charge in [-0.15, -0.1) is 0 Å². The van der Waals surface area contributed by atoms with Crippen molar-refractivity contribution in [3.05, 3.63) is 35.4 Å². The number of piperidine rings is 1. The van der Waals surface area contributed by atoms with E-state index in [0.29, 0.717) is 0 Å². The largest absolute Gasteiger partial charge is 0.310 e. The Hall–Kier alpha value is -0.860. The lowest BCUT2D eigenvalue weighted by Gasteiger charge is -2.29. The number of nitrogens with one attached hydrogen (secondary N) is 1. The molecule has 1 aliphatic carbocycles. The molecule has 0 spiro atoms. The van der Waals surface area contributed by atoms with Crippen LogP contribution in [0.25, 0.3) is 0 Å². The van der Waals surface area contributed by atoms with Crippen molar-refractivity contribution in [1.82, 2.24) is 10.2 Å². The van der Waals surface area contributed by atoms with Crippen LogP contribution in [0.5, 0.6) is 0 Å². The molecule has 1 N–H and O–H groups in total. The number of benzene rings is 1. The molecular formula is C17H26N2. The van der Waals surface area contributed by atoms with Crippen molar-refractivity contribution in [3.63, 3.8) is 0 Å². The molecule has 1 heterocycles. The Morgan fingerprint density at radius 2 is 1.63 bits per heavy atom. The van der Waals surface area contributed by atoms with Crippen molar-refractivity contribution in [2.45, 2.75) is 44.7 Å². The summed E-state index contributed by atoms with van der Waals surface area (Å²) in [6.45, 7) is 3.58. The monoisotopic (exact) mass is 258 g/mol. The molecule has 0 bridgehead atoms. The minimum absolute atomic E-state index is 0.805. The summed E-state index contributed by atoms with van der Waals surface area (Å²) in [6.07, 6.45) is 6.73. The summed E-state index contributed by atoms with van der Waals surface area (Å²) in [5.74, 6) is 0.895. The first-order valence-corrected chi connectivity index (χ1v) is 7.79. The molecule has 2 fully saturated rings. The fourth-order valence-electron chi connectivity index (χ4n) is 2.94. The molecule has 1 saturated carbocycles. The maximum absolute atomic E-state index is 3.57. The van der Waals surface area contributed by atoms with Crippen LogP contribution in [0.2, 0.25) is 0 Å². The number of hydrogen-bond donors (Lipinski definition) is 1. The molecule has 1 saturated heterocycles. The highest BCUT2D eigenvalue weighted by molar-refractivity contribution is 5.23. The Kier molecular flexibility index (Phi) is 4.19. The highest BCUT2D eigenvalue weighted by atomic mass is 15.1. The fourth-order valence-corrected chi connectivity index (χ4v) is 2.94. The van der Waals surface area contributed by atoms with Gasteiger partial charge in [0.2, 0.25) is 0 Å². The Morgan fingerprint density at radius 3 is 2.26 bits per heavy atom. The first kappa shape index (κ1) is 13.1. The van der Waals surface area contributed by atoms with Gasteiger partial charge in [-0.3, -0.25) is 0 Å². The van der Waals surface area contributed by atoms with Gasteiger partial charge in [-0.05, 0) is 69.3 Å². The van der Waals surface area contributed by atoms with E-state index >= 15 is 0 Å². The van der Waals surface area contributed by atoms with Crippen molar-refractivity contribution in [1.29, 1.82) is 0 Å². The lowest BCUT2D eigenvalue weighted by atomic mass is 9.90. The lowest BCUT2D eigenvalue weighted by molar-refractivity contribution is 0.219. The first-order valence-electron chi connectivity index (χ1n) is 7.79. The Bertz CT molecular complexity index is 386. The zero-order chi connectivity index (χ0) is 13.1. The van der Waals surface area contributed by atoms with Crippen molar-refractivity contribution < 1.29 is 0 Å². The van der Waals surface area contributed by atoms with Gasteiger partial charge in [0.1, 0.15) is 0 Å². The van der Waals surface area contributed by atoms with E-state index in [9.17, 15) is 0 Å². The Morgan fingerprint density at radius 1 is 1.00 bits per heavy atom. The van der Waals surface area contributed by atoms with Crippen LogP contribution in [0.4, 0.5) is 0 Å². The van der Waals surface area contributed by atoms with Gasteiger partial charge in [0.05, 0.1) is 0 Å². The SMILES string of the molecule is CN1CCC(Cc2ccc(CNC3CC3)cc2)CC1. The predicted molar refractivity (Wildman–Crippen MR) is 80.2 cm³/mol. The van der Waals surface area contributed by atoms with Gasteiger partial charge in [-0.25, -0.2) is 0 Å². The third kappa shape index (κ3) is 4.05. The average molecular weight is 258 g/mol. The second-order valence-electron chi connectivity index (χ2n) is 6.42. The standard InChI is InChI=1S/C17H26N2/c1-19-10-8-15(9-11-19)12-14-2-4-16(5-3-14)13-18-17-6-7-17/h2-5,15,17-18H,6-13H2,1H3. The molecule has 0 unspecified atom stereocenters. The molecule has 1 aromatic rings. The third-order valence-electron chi connectivity index (χ3n) is 4.56. The van der Waals surface area contributed by atoms with E-state index in [0.717, 1.165) is 18.5 Å². The van der Waals surface area contributed by atoms with Crippen LogP contribution in [-0.2, 0) is 13.0 Å². The van der Waals surface area contributed by atoms with Gasteiger partial charge in [-0.2, -0.15) is 0 Å². The smallest absolute Gasteiger partial charge is 0.0208 e. The van der Waals surface area contributed by atoms with E-state index in [-0.39, 0.29) is 0 Å². The summed E-state index contributed by atoms with van der Waals surface area (Å²) in [5, 5.41) is 3.57. The number of likely N-dealkylation sites (tertiary alicyclic amines) is 1. The van der Waals surface area contributed by atoms with Crippen LogP contribution >= 0.6 is 0 Å². The molecule has 0 radical (unpaired) electrons. The molecule has 1 aliphatic heterocycles. The number of rotatable bonds is 5. The minimum Gasteiger partial charge on any atom is -0.310 e. The summed E-state index contributed by atoms with van der Waals surface area (Å²) >= 11 is 0. The molecule has 1 aromatic carbocycles. The van der Waals surface area contributed by atoms with Crippen LogP contribution in [-0.4, -0.2) is 31.1 Å². The van der Waals surface area contributed by atoms with Gasteiger partial charge in [0.15, 0.2) is 0 Å². The Balaban J connectivity index is 1.47. The highest BCUT2D eigenvalue weighted by Crippen LogP contribution is 2.22. The molecule has 0 atom stereocenters. The Labute approximate surface area is 117 Å². The second kappa shape index (κ2) is 6.06. The maximum Gasteiger partial charge on any atom is 0.0208 e. The molecule has 0 amide bonds. The molecule has 2 heteroatoms. The van der Waals surface area contributed by atoms with E-state index in [1.54, 1.807) is 0 Å². The van der Waals surface area contributed by atoms with E-state index in [1.165, 1.54) is 56.3 Å². The van der Waals surface area contributed by atoms with Crippen LogP contribution in [0.15, 0.2) is 24.3 Å².